The number of hydrogen-bond acceptors (Lipinski definition) is 7. The highest BCUT2D eigenvalue weighted by Gasteiger charge is 2.37. The van der Waals surface area contributed by atoms with E-state index >= 15 is 0 Å². The van der Waals surface area contributed by atoms with Crippen molar-refractivity contribution >= 4 is 45.8 Å². The predicted molar refractivity (Wildman–Crippen MR) is 128 cm³/mol. The fourth-order valence-corrected chi connectivity index (χ4v) is 6.23. The van der Waals surface area contributed by atoms with Crippen LogP contribution in [0.1, 0.15) is 23.4 Å². The molecule has 0 spiro atoms. The number of thiophene rings is 1. The number of aromatic nitrogens is 1. The number of allylic oxidation sites excluding steroid dienone is 1. The Labute approximate surface area is 196 Å². The summed E-state index contributed by atoms with van der Waals surface area (Å²) in [5, 5.41) is 1.89. The predicted octanol–water partition coefficient (Wildman–Crippen LogP) is 2.37. The van der Waals surface area contributed by atoms with Crippen LogP contribution < -0.4 is 19.8 Å². The maximum Gasteiger partial charge on any atom is 0.338 e. The Balaban J connectivity index is 1.84. The summed E-state index contributed by atoms with van der Waals surface area (Å²) < 4.78 is 6.82. The number of rotatable bonds is 4. The number of carbonyl (C=O) groups excluding carboxylic acids is 2. The number of fused-ring (bicyclic) bond motifs is 2. The smallest absolute Gasteiger partial charge is 0.338 e. The second-order valence-electron chi connectivity index (χ2n) is 7.51. The van der Waals surface area contributed by atoms with Gasteiger partial charge in [0, 0.05) is 17.0 Å². The Bertz CT molecular complexity index is 1530. The lowest BCUT2D eigenvalue weighted by atomic mass is 10.0. The van der Waals surface area contributed by atoms with Gasteiger partial charge >= 0.3 is 5.97 Å². The van der Waals surface area contributed by atoms with E-state index in [2.05, 4.69) is 11.6 Å². The molecule has 1 amide bonds. The summed E-state index contributed by atoms with van der Waals surface area (Å²) in [7, 11) is 1.31. The second kappa shape index (κ2) is 8.09. The van der Waals surface area contributed by atoms with Gasteiger partial charge in [-0.3, -0.25) is 14.2 Å². The Morgan fingerprint density at radius 2 is 2.03 bits per heavy atom. The van der Waals surface area contributed by atoms with Crippen molar-refractivity contribution in [1.29, 1.82) is 0 Å². The van der Waals surface area contributed by atoms with Crippen LogP contribution >= 0.6 is 22.7 Å². The SMILES string of the molecule is C=CCN1C(=O)/C(=c2\sc3n(c2=O)[C@@H](c2cccs2)C(C(=O)OC)=C(C)N=3)c2ccccc21. The van der Waals surface area contributed by atoms with E-state index in [0.29, 0.717) is 38.3 Å². The Morgan fingerprint density at radius 3 is 2.73 bits per heavy atom. The maximum atomic E-state index is 13.8. The molecule has 0 saturated carbocycles. The molecule has 7 nitrogen and oxygen atoms in total. The van der Waals surface area contributed by atoms with Gasteiger partial charge in [-0.25, -0.2) is 9.79 Å². The molecule has 2 aromatic heterocycles. The number of hydrogen-bond donors (Lipinski definition) is 0. The summed E-state index contributed by atoms with van der Waals surface area (Å²) in [5.41, 5.74) is 2.24. The molecule has 33 heavy (non-hydrogen) atoms. The average Bonchev–Trinajstić information content (AvgIpc) is 3.51. The van der Waals surface area contributed by atoms with Crippen molar-refractivity contribution in [3.63, 3.8) is 0 Å². The molecule has 2 aliphatic heterocycles. The number of para-hydroxylation sites is 1. The highest BCUT2D eigenvalue weighted by molar-refractivity contribution is 7.10. The van der Waals surface area contributed by atoms with Crippen LogP contribution in [0, 0.1) is 0 Å². The van der Waals surface area contributed by atoms with E-state index in [0.717, 1.165) is 21.9 Å². The number of ether oxygens (including phenoxy) is 1. The van der Waals surface area contributed by atoms with Crippen LogP contribution in [-0.2, 0) is 14.3 Å². The maximum absolute atomic E-state index is 13.8. The summed E-state index contributed by atoms with van der Waals surface area (Å²) in [4.78, 5) is 47.3. The minimum atomic E-state index is -0.668. The summed E-state index contributed by atoms with van der Waals surface area (Å²) in [6, 6.07) is 10.5. The van der Waals surface area contributed by atoms with Crippen LogP contribution in [0.5, 0.6) is 0 Å². The zero-order chi connectivity index (χ0) is 23.3. The third-order valence-electron chi connectivity index (χ3n) is 5.68. The number of nitrogens with zero attached hydrogens (tertiary/aromatic N) is 3. The third-order valence-corrected chi connectivity index (χ3v) is 7.66. The molecule has 166 valence electrons. The number of thiazole rings is 1. The van der Waals surface area contributed by atoms with E-state index < -0.39 is 12.0 Å². The van der Waals surface area contributed by atoms with Gasteiger partial charge < -0.3 is 9.64 Å². The van der Waals surface area contributed by atoms with Crippen LogP contribution in [0.4, 0.5) is 5.69 Å². The quantitative estimate of drug-likeness (QED) is 0.427. The molecular formula is C24H19N3O4S2. The van der Waals surface area contributed by atoms with E-state index in [4.69, 9.17) is 4.74 Å². The van der Waals surface area contributed by atoms with E-state index in [-0.39, 0.29) is 11.5 Å². The monoisotopic (exact) mass is 477 g/mol. The number of carbonyl (C=O) groups is 2. The lowest BCUT2D eigenvalue weighted by molar-refractivity contribution is -0.136. The summed E-state index contributed by atoms with van der Waals surface area (Å²) in [5.74, 6) is -0.787. The van der Waals surface area contributed by atoms with Gasteiger partial charge in [-0.1, -0.05) is 41.7 Å². The highest BCUT2D eigenvalue weighted by atomic mass is 32.1. The van der Waals surface area contributed by atoms with Crippen LogP contribution in [0.25, 0.3) is 5.57 Å². The third kappa shape index (κ3) is 3.15. The minimum absolute atomic E-state index is 0.252. The van der Waals surface area contributed by atoms with Crippen molar-refractivity contribution in [1.82, 2.24) is 4.57 Å². The van der Waals surface area contributed by atoms with Crippen molar-refractivity contribution in [3.8, 4) is 0 Å². The Kier molecular flexibility index (Phi) is 5.22. The molecule has 0 fully saturated rings. The first-order chi connectivity index (χ1) is 16.0. The van der Waals surface area contributed by atoms with Crippen LogP contribution in [0.2, 0.25) is 0 Å². The van der Waals surface area contributed by atoms with Crippen LogP contribution in [0.15, 0.2) is 75.5 Å². The molecule has 0 N–H and O–H groups in total. The molecule has 1 aromatic carbocycles. The fraction of sp³-hybridized carbons (Fsp3) is 0.167. The topological polar surface area (TPSA) is 81.0 Å². The first-order valence-corrected chi connectivity index (χ1v) is 11.9. The number of esters is 1. The average molecular weight is 478 g/mol. The molecule has 5 rings (SSSR count). The number of amides is 1. The normalized spacial score (nSPS) is 18.7. The number of benzene rings is 1. The zero-order valence-electron chi connectivity index (χ0n) is 17.9. The standard InChI is InChI=1S/C24H19N3O4S2/c1-4-11-26-15-9-6-5-8-14(15)18(21(26)28)20-22(29)27-19(16-10-7-12-32-16)17(23(30)31-3)13(2)25-24(27)33-20/h4-10,12,19H,1,11H2,2-3H3/b20-18-/t19-/m0/s1. The molecule has 0 unspecified atom stereocenters. The lowest BCUT2D eigenvalue weighted by Crippen LogP contribution is -2.40. The van der Waals surface area contributed by atoms with Gasteiger partial charge in [0.15, 0.2) is 4.80 Å². The summed E-state index contributed by atoms with van der Waals surface area (Å²) >= 11 is 2.61. The summed E-state index contributed by atoms with van der Waals surface area (Å²) in [6.45, 7) is 5.82. The van der Waals surface area contributed by atoms with Gasteiger partial charge in [-0.2, -0.15) is 0 Å². The van der Waals surface area contributed by atoms with Crippen LogP contribution in [0.3, 0.4) is 0 Å². The molecule has 4 heterocycles. The molecule has 0 saturated heterocycles. The van der Waals surface area contributed by atoms with Crippen molar-refractivity contribution in [2.24, 2.45) is 4.99 Å². The van der Waals surface area contributed by atoms with Gasteiger partial charge in [0.2, 0.25) is 0 Å². The Hall–Kier alpha value is -3.56. The molecular weight excluding hydrogens is 458 g/mol. The van der Waals surface area contributed by atoms with Crippen molar-refractivity contribution < 1.29 is 14.3 Å². The summed E-state index contributed by atoms with van der Waals surface area (Å²) in [6.07, 6.45) is 1.65. The van der Waals surface area contributed by atoms with Crippen molar-refractivity contribution in [2.45, 2.75) is 13.0 Å². The largest absolute Gasteiger partial charge is 0.466 e. The number of methoxy groups -OCH3 is 1. The van der Waals surface area contributed by atoms with E-state index in [9.17, 15) is 14.4 Å². The molecule has 1 atom stereocenters. The van der Waals surface area contributed by atoms with Gasteiger partial charge in [0.1, 0.15) is 10.6 Å². The molecule has 0 bridgehead atoms. The first-order valence-electron chi connectivity index (χ1n) is 10.2. The van der Waals surface area contributed by atoms with E-state index in [1.807, 2.05) is 41.8 Å². The first kappa shape index (κ1) is 21.3. The van der Waals surface area contributed by atoms with Gasteiger partial charge in [0.05, 0.1) is 29.6 Å². The molecule has 0 aliphatic carbocycles. The molecule has 2 aliphatic rings. The lowest BCUT2D eigenvalue weighted by Gasteiger charge is -2.22. The Morgan fingerprint density at radius 1 is 1.24 bits per heavy atom. The van der Waals surface area contributed by atoms with E-state index in [1.165, 1.54) is 23.0 Å². The van der Waals surface area contributed by atoms with Crippen molar-refractivity contribution in [2.75, 3.05) is 18.6 Å². The van der Waals surface area contributed by atoms with Gasteiger partial charge in [0.25, 0.3) is 11.5 Å². The van der Waals surface area contributed by atoms with E-state index in [1.54, 1.807) is 17.9 Å². The van der Waals surface area contributed by atoms with Crippen LogP contribution in [-0.4, -0.2) is 30.1 Å². The molecule has 9 heteroatoms. The fourth-order valence-electron chi connectivity index (χ4n) is 4.27. The zero-order valence-corrected chi connectivity index (χ0v) is 19.5. The molecule has 0 radical (unpaired) electrons. The minimum Gasteiger partial charge on any atom is -0.466 e. The molecule has 3 aromatic rings. The van der Waals surface area contributed by atoms with Crippen molar-refractivity contribution in [3.05, 3.63) is 95.8 Å². The van der Waals surface area contributed by atoms with Gasteiger partial charge in [-0.05, 0) is 24.4 Å². The number of anilines is 1. The van der Waals surface area contributed by atoms with Gasteiger partial charge in [-0.15, -0.1) is 17.9 Å². The highest BCUT2D eigenvalue weighted by Crippen LogP contribution is 2.36. The second-order valence-corrected chi connectivity index (χ2v) is 9.46.